The number of hydrogen-bond acceptors (Lipinski definition) is 3. The predicted octanol–water partition coefficient (Wildman–Crippen LogP) is 3.45. The van der Waals surface area contributed by atoms with Gasteiger partial charge in [-0.15, -0.1) is 0 Å². The van der Waals surface area contributed by atoms with E-state index in [1.807, 2.05) is 18.2 Å². The van der Waals surface area contributed by atoms with Crippen LogP contribution in [0.4, 0.5) is 5.69 Å². The normalized spacial score (nSPS) is 27.8. The van der Waals surface area contributed by atoms with E-state index in [4.69, 9.17) is 9.47 Å². The van der Waals surface area contributed by atoms with Crippen molar-refractivity contribution in [3.8, 4) is 5.75 Å². The highest BCUT2D eigenvalue weighted by Gasteiger charge is 2.31. The van der Waals surface area contributed by atoms with Crippen LogP contribution in [0.2, 0.25) is 0 Å². The van der Waals surface area contributed by atoms with E-state index in [9.17, 15) is 0 Å². The van der Waals surface area contributed by atoms with Gasteiger partial charge in [0.25, 0.3) is 0 Å². The van der Waals surface area contributed by atoms with Gasteiger partial charge in [0.15, 0.2) is 0 Å². The molecule has 1 saturated heterocycles. The molecule has 1 heterocycles. The highest BCUT2D eigenvalue weighted by atomic mass is 16.5. The fourth-order valence-corrected chi connectivity index (χ4v) is 2.45. The van der Waals surface area contributed by atoms with E-state index in [1.54, 1.807) is 7.11 Å². The minimum atomic E-state index is 0.0226. The number of benzene rings is 1. The Morgan fingerprint density at radius 2 is 2.33 bits per heavy atom. The molecule has 1 aliphatic rings. The van der Waals surface area contributed by atoms with E-state index < -0.39 is 0 Å². The largest absolute Gasteiger partial charge is 0.497 e. The second kappa shape index (κ2) is 5.61. The number of anilines is 1. The second-order valence-electron chi connectivity index (χ2n) is 5.22. The fourth-order valence-electron chi connectivity index (χ4n) is 2.45. The van der Waals surface area contributed by atoms with Crippen LogP contribution < -0.4 is 10.1 Å². The Balaban J connectivity index is 2.00. The van der Waals surface area contributed by atoms with Gasteiger partial charge in [0, 0.05) is 24.4 Å². The zero-order chi connectivity index (χ0) is 13.0. The minimum absolute atomic E-state index is 0.0226. The molecule has 0 amide bonds. The highest BCUT2D eigenvalue weighted by Crippen LogP contribution is 2.30. The maximum Gasteiger partial charge on any atom is 0.120 e. The molecular weight excluding hydrogens is 226 g/mol. The molecule has 100 valence electrons. The summed E-state index contributed by atoms with van der Waals surface area (Å²) in [5, 5.41) is 3.59. The van der Waals surface area contributed by atoms with Gasteiger partial charge >= 0.3 is 0 Å². The van der Waals surface area contributed by atoms with Gasteiger partial charge in [0.05, 0.1) is 12.7 Å². The smallest absolute Gasteiger partial charge is 0.120 e. The van der Waals surface area contributed by atoms with Crippen molar-refractivity contribution in [3.63, 3.8) is 0 Å². The van der Waals surface area contributed by atoms with Gasteiger partial charge in [-0.05, 0) is 38.3 Å². The van der Waals surface area contributed by atoms with Crippen molar-refractivity contribution in [2.45, 2.75) is 44.8 Å². The summed E-state index contributed by atoms with van der Waals surface area (Å²) < 4.78 is 11.1. The number of nitrogens with one attached hydrogen (secondary N) is 1. The third-order valence-electron chi connectivity index (χ3n) is 3.78. The molecule has 2 unspecified atom stereocenters. The fraction of sp³-hybridized carbons (Fsp3) is 0.600. The van der Waals surface area contributed by atoms with E-state index in [0.717, 1.165) is 37.3 Å². The Morgan fingerprint density at radius 3 is 3.06 bits per heavy atom. The first-order valence-corrected chi connectivity index (χ1v) is 6.70. The maximum atomic E-state index is 5.86. The van der Waals surface area contributed by atoms with Crippen molar-refractivity contribution >= 4 is 5.69 Å². The Hall–Kier alpha value is -1.22. The monoisotopic (exact) mass is 249 g/mol. The molecule has 1 aromatic rings. The van der Waals surface area contributed by atoms with Crippen molar-refractivity contribution < 1.29 is 9.47 Å². The number of hydrogen-bond donors (Lipinski definition) is 1. The standard InChI is InChI=1S/C15H23NO2/c1-4-15(2)11-13(8-9-18-15)16-12-6-5-7-14(10-12)17-3/h5-7,10,13,16H,4,8-9,11H2,1-3H3. The summed E-state index contributed by atoms with van der Waals surface area (Å²) in [5.41, 5.74) is 1.15. The Kier molecular flexibility index (Phi) is 4.12. The van der Waals surface area contributed by atoms with E-state index in [2.05, 4.69) is 25.2 Å². The zero-order valence-corrected chi connectivity index (χ0v) is 11.5. The van der Waals surface area contributed by atoms with Crippen molar-refractivity contribution in [1.82, 2.24) is 0 Å². The SMILES string of the molecule is CCC1(C)CC(Nc2cccc(OC)c2)CCO1. The molecule has 3 heteroatoms. The van der Waals surface area contributed by atoms with E-state index in [-0.39, 0.29) is 5.60 Å². The average Bonchev–Trinajstić information content (AvgIpc) is 2.39. The van der Waals surface area contributed by atoms with E-state index in [0.29, 0.717) is 6.04 Å². The van der Waals surface area contributed by atoms with Gasteiger partial charge in [-0.25, -0.2) is 0 Å². The van der Waals surface area contributed by atoms with Crippen LogP contribution in [0.25, 0.3) is 0 Å². The van der Waals surface area contributed by atoms with Gasteiger partial charge in [-0.2, -0.15) is 0 Å². The topological polar surface area (TPSA) is 30.5 Å². The second-order valence-corrected chi connectivity index (χ2v) is 5.22. The van der Waals surface area contributed by atoms with Crippen LogP contribution >= 0.6 is 0 Å². The molecule has 2 rings (SSSR count). The highest BCUT2D eigenvalue weighted by molar-refractivity contribution is 5.48. The summed E-state index contributed by atoms with van der Waals surface area (Å²) in [4.78, 5) is 0. The van der Waals surface area contributed by atoms with Gasteiger partial charge in [0.1, 0.15) is 5.75 Å². The van der Waals surface area contributed by atoms with Crippen LogP contribution in [0.5, 0.6) is 5.75 Å². The van der Waals surface area contributed by atoms with Gasteiger partial charge in [0.2, 0.25) is 0 Å². The summed E-state index contributed by atoms with van der Waals surface area (Å²) in [5.74, 6) is 0.894. The number of ether oxygens (including phenoxy) is 2. The minimum Gasteiger partial charge on any atom is -0.497 e. The molecule has 0 radical (unpaired) electrons. The van der Waals surface area contributed by atoms with E-state index >= 15 is 0 Å². The van der Waals surface area contributed by atoms with E-state index in [1.165, 1.54) is 0 Å². The van der Waals surface area contributed by atoms with Crippen LogP contribution in [0.15, 0.2) is 24.3 Å². The molecule has 1 aliphatic heterocycles. The Labute approximate surface area is 109 Å². The molecule has 18 heavy (non-hydrogen) atoms. The summed E-state index contributed by atoms with van der Waals surface area (Å²) in [6.07, 6.45) is 3.18. The molecule has 1 N–H and O–H groups in total. The van der Waals surface area contributed by atoms with Crippen molar-refractivity contribution in [2.75, 3.05) is 19.0 Å². The van der Waals surface area contributed by atoms with Crippen molar-refractivity contribution in [3.05, 3.63) is 24.3 Å². The zero-order valence-electron chi connectivity index (χ0n) is 11.5. The Bertz CT molecular complexity index is 394. The van der Waals surface area contributed by atoms with Crippen LogP contribution in [0.1, 0.15) is 33.1 Å². The molecule has 2 atom stereocenters. The van der Waals surface area contributed by atoms with Crippen molar-refractivity contribution in [2.24, 2.45) is 0 Å². The van der Waals surface area contributed by atoms with Crippen LogP contribution in [-0.4, -0.2) is 25.4 Å². The first kappa shape index (κ1) is 13.2. The number of methoxy groups -OCH3 is 1. The lowest BCUT2D eigenvalue weighted by Crippen LogP contribution is -2.41. The quantitative estimate of drug-likeness (QED) is 0.886. The van der Waals surface area contributed by atoms with Gasteiger partial charge in [-0.3, -0.25) is 0 Å². The van der Waals surface area contributed by atoms with Crippen LogP contribution in [0.3, 0.4) is 0 Å². The Morgan fingerprint density at radius 1 is 1.50 bits per heavy atom. The lowest BCUT2D eigenvalue weighted by Gasteiger charge is -2.38. The molecule has 0 saturated carbocycles. The number of rotatable bonds is 4. The van der Waals surface area contributed by atoms with Crippen molar-refractivity contribution in [1.29, 1.82) is 0 Å². The molecule has 3 nitrogen and oxygen atoms in total. The molecular formula is C15H23NO2. The lowest BCUT2D eigenvalue weighted by molar-refractivity contribution is -0.0708. The molecule has 0 aromatic heterocycles. The third-order valence-corrected chi connectivity index (χ3v) is 3.78. The summed E-state index contributed by atoms with van der Waals surface area (Å²) in [7, 11) is 1.70. The molecule has 0 aliphatic carbocycles. The summed E-state index contributed by atoms with van der Waals surface area (Å²) in [6, 6.07) is 8.58. The average molecular weight is 249 g/mol. The summed E-state index contributed by atoms with van der Waals surface area (Å²) in [6.45, 7) is 5.23. The lowest BCUT2D eigenvalue weighted by atomic mass is 9.90. The molecule has 1 aromatic carbocycles. The summed E-state index contributed by atoms with van der Waals surface area (Å²) >= 11 is 0. The molecule has 0 bridgehead atoms. The van der Waals surface area contributed by atoms with Crippen LogP contribution in [0, 0.1) is 0 Å². The molecule has 0 spiro atoms. The maximum absolute atomic E-state index is 5.86. The first-order valence-electron chi connectivity index (χ1n) is 6.70. The third kappa shape index (κ3) is 3.16. The first-order chi connectivity index (χ1) is 8.65. The molecule has 1 fully saturated rings. The van der Waals surface area contributed by atoms with Crippen LogP contribution in [-0.2, 0) is 4.74 Å². The predicted molar refractivity (Wildman–Crippen MR) is 74.3 cm³/mol. The van der Waals surface area contributed by atoms with Gasteiger partial charge in [-0.1, -0.05) is 13.0 Å². The van der Waals surface area contributed by atoms with Gasteiger partial charge < -0.3 is 14.8 Å².